The van der Waals surface area contributed by atoms with E-state index in [-0.39, 0.29) is 22.9 Å². The van der Waals surface area contributed by atoms with E-state index in [1.807, 2.05) is 38.1 Å². The zero-order valence-electron chi connectivity index (χ0n) is 16.6. The lowest BCUT2D eigenvalue weighted by atomic mass is 10.1. The highest BCUT2D eigenvalue weighted by molar-refractivity contribution is 7.89. The number of nitrogens with one attached hydrogen (secondary N) is 1. The summed E-state index contributed by atoms with van der Waals surface area (Å²) in [6.45, 7) is 7.79. The molecule has 1 heterocycles. The van der Waals surface area contributed by atoms with Crippen LogP contribution >= 0.6 is 0 Å². The molecule has 0 aromatic heterocycles. The second-order valence-electron chi connectivity index (χ2n) is 7.08. The Bertz CT molecular complexity index is 970. The predicted molar refractivity (Wildman–Crippen MR) is 109 cm³/mol. The Labute approximate surface area is 166 Å². The van der Waals surface area contributed by atoms with Gasteiger partial charge in [-0.3, -0.25) is 4.79 Å². The molecule has 0 radical (unpaired) electrons. The molecule has 28 heavy (non-hydrogen) atoms. The minimum Gasteiger partial charge on any atom is -0.494 e. The van der Waals surface area contributed by atoms with Gasteiger partial charge in [-0.2, -0.15) is 0 Å². The van der Waals surface area contributed by atoms with Crippen molar-refractivity contribution in [3.05, 3.63) is 53.6 Å². The van der Waals surface area contributed by atoms with E-state index in [0.29, 0.717) is 13.0 Å². The summed E-state index contributed by atoms with van der Waals surface area (Å²) in [5.74, 6) is 0.716. The van der Waals surface area contributed by atoms with Gasteiger partial charge in [-0.15, -0.1) is 0 Å². The van der Waals surface area contributed by atoms with Gasteiger partial charge in [0.05, 0.1) is 11.5 Å². The molecule has 2 atom stereocenters. The van der Waals surface area contributed by atoms with Crippen LogP contribution in [0.5, 0.6) is 5.75 Å². The van der Waals surface area contributed by atoms with Crippen LogP contribution in [0.25, 0.3) is 0 Å². The first-order valence-corrected chi connectivity index (χ1v) is 10.9. The maximum Gasteiger partial charge on any atom is 0.241 e. The first-order valence-electron chi connectivity index (χ1n) is 9.40. The van der Waals surface area contributed by atoms with E-state index in [0.717, 1.165) is 22.6 Å². The lowest BCUT2D eigenvalue weighted by molar-refractivity contribution is -0.116. The molecule has 6 nitrogen and oxygen atoms in total. The zero-order valence-corrected chi connectivity index (χ0v) is 17.4. The lowest BCUT2D eigenvalue weighted by Crippen LogP contribution is -2.33. The van der Waals surface area contributed by atoms with Crippen molar-refractivity contribution in [2.24, 2.45) is 0 Å². The molecule has 0 spiro atoms. The molecule has 0 saturated carbocycles. The number of hydrogen-bond acceptors (Lipinski definition) is 4. The van der Waals surface area contributed by atoms with Crippen LogP contribution < -0.4 is 14.4 Å². The summed E-state index contributed by atoms with van der Waals surface area (Å²) in [4.78, 5) is 13.8. The van der Waals surface area contributed by atoms with E-state index in [9.17, 15) is 13.2 Å². The molecule has 2 unspecified atom stereocenters. The molecule has 0 aliphatic carbocycles. The summed E-state index contributed by atoms with van der Waals surface area (Å²) in [5, 5.41) is 0. The van der Waals surface area contributed by atoms with E-state index in [4.69, 9.17) is 4.74 Å². The van der Waals surface area contributed by atoms with Crippen LogP contribution in [0.1, 0.15) is 44.9 Å². The van der Waals surface area contributed by atoms with Gasteiger partial charge in [-0.05, 0) is 68.7 Å². The largest absolute Gasteiger partial charge is 0.494 e. The van der Waals surface area contributed by atoms with Crippen LogP contribution in [0, 0.1) is 0 Å². The van der Waals surface area contributed by atoms with Gasteiger partial charge in [-0.1, -0.05) is 12.1 Å². The Morgan fingerprint density at radius 1 is 1.25 bits per heavy atom. The van der Waals surface area contributed by atoms with E-state index in [1.165, 1.54) is 6.92 Å². The molecular formula is C21H26N2O4S. The van der Waals surface area contributed by atoms with E-state index < -0.39 is 10.0 Å². The summed E-state index contributed by atoms with van der Waals surface area (Å²) >= 11 is 0. The van der Waals surface area contributed by atoms with Gasteiger partial charge >= 0.3 is 0 Å². The van der Waals surface area contributed by atoms with E-state index in [2.05, 4.69) is 4.72 Å². The molecular weight excluding hydrogens is 376 g/mol. The molecule has 1 aliphatic rings. The Kier molecular flexibility index (Phi) is 5.76. The predicted octanol–water partition coefficient (Wildman–Crippen LogP) is 3.42. The highest BCUT2D eigenvalue weighted by Crippen LogP contribution is 2.34. The molecule has 0 saturated heterocycles. The number of anilines is 1. The van der Waals surface area contributed by atoms with E-state index in [1.54, 1.807) is 30.0 Å². The Hall–Kier alpha value is -2.38. The molecule has 1 amide bonds. The fourth-order valence-corrected chi connectivity index (χ4v) is 4.92. The minimum absolute atomic E-state index is 0.0289. The number of carbonyl (C=O) groups excluding carboxylic acids is 1. The first-order chi connectivity index (χ1) is 13.2. The zero-order chi connectivity index (χ0) is 20.5. The monoisotopic (exact) mass is 402 g/mol. The number of benzene rings is 2. The molecule has 0 fully saturated rings. The number of nitrogens with zero attached hydrogens (tertiary/aromatic N) is 1. The van der Waals surface area contributed by atoms with Crippen molar-refractivity contribution < 1.29 is 17.9 Å². The van der Waals surface area contributed by atoms with Gasteiger partial charge in [0.1, 0.15) is 5.75 Å². The van der Waals surface area contributed by atoms with Crippen molar-refractivity contribution >= 4 is 21.6 Å². The number of ether oxygens (including phenoxy) is 1. The quantitative estimate of drug-likeness (QED) is 0.803. The number of fused-ring (bicyclic) bond motifs is 1. The fourth-order valence-electron chi connectivity index (χ4n) is 3.64. The third-order valence-corrected chi connectivity index (χ3v) is 6.48. The molecule has 2 aromatic rings. The molecule has 0 bridgehead atoms. The van der Waals surface area contributed by atoms with Crippen LogP contribution in [-0.2, 0) is 21.2 Å². The SMILES string of the molecule is CCOc1ccc(C(C)NS(=O)(=O)c2ccc3c(c2)CC(C)N3C(C)=O)cc1. The number of hydrogen-bond donors (Lipinski definition) is 1. The molecule has 150 valence electrons. The maximum atomic E-state index is 12.9. The molecule has 2 aromatic carbocycles. The standard InChI is InChI=1S/C21H26N2O4S/c1-5-27-19-8-6-17(7-9-19)15(3)22-28(25,26)20-10-11-21-18(13-20)12-14(2)23(21)16(4)24/h6-11,13-15,22H,5,12H2,1-4H3. The molecule has 1 N–H and O–H groups in total. The Morgan fingerprint density at radius 3 is 2.54 bits per heavy atom. The summed E-state index contributed by atoms with van der Waals surface area (Å²) in [6, 6.07) is 12.0. The highest BCUT2D eigenvalue weighted by Gasteiger charge is 2.30. The maximum absolute atomic E-state index is 12.9. The average Bonchev–Trinajstić information content (AvgIpc) is 2.97. The number of rotatable bonds is 6. The van der Waals surface area contributed by atoms with Crippen LogP contribution in [0.2, 0.25) is 0 Å². The summed E-state index contributed by atoms with van der Waals surface area (Å²) in [6.07, 6.45) is 0.646. The van der Waals surface area contributed by atoms with Crippen LogP contribution in [0.15, 0.2) is 47.4 Å². The minimum atomic E-state index is -3.69. The number of amides is 1. The van der Waals surface area contributed by atoms with Crippen molar-refractivity contribution in [2.45, 2.75) is 51.1 Å². The van der Waals surface area contributed by atoms with Crippen molar-refractivity contribution in [3.63, 3.8) is 0 Å². The first kappa shape index (κ1) is 20.4. The number of sulfonamides is 1. The normalized spacial score (nSPS) is 17.3. The van der Waals surface area contributed by atoms with Crippen LogP contribution in [0.4, 0.5) is 5.69 Å². The van der Waals surface area contributed by atoms with Gasteiger partial charge in [-0.25, -0.2) is 13.1 Å². The molecule has 3 rings (SSSR count). The third kappa shape index (κ3) is 4.05. The lowest BCUT2D eigenvalue weighted by Gasteiger charge is -2.20. The molecule has 1 aliphatic heterocycles. The van der Waals surface area contributed by atoms with Gasteiger partial charge < -0.3 is 9.64 Å². The topological polar surface area (TPSA) is 75.7 Å². The van der Waals surface area contributed by atoms with Gasteiger partial charge in [0.15, 0.2) is 0 Å². The average molecular weight is 403 g/mol. The second kappa shape index (κ2) is 7.93. The third-order valence-electron chi connectivity index (χ3n) is 4.94. The molecule has 7 heteroatoms. The summed E-state index contributed by atoms with van der Waals surface area (Å²) in [5.41, 5.74) is 2.52. The fraction of sp³-hybridized carbons (Fsp3) is 0.381. The van der Waals surface area contributed by atoms with Crippen LogP contribution in [-0.4, -0.2) is 27.0 Å². The van der Waals surface area contributed by atoms with Crippen LogP contribution in [0.3, 0.4) is 0 Å². The van der Waals surface area contributed by atoms with Gasteiger partial charge in [0, 0.05) is 24.7 Å². The highest BCUT2D eigenvalue weighted by atomic mass is 32.2. The van der Waals surface area contributed by atoms with E-state index >= 15 is 0 Å². The number of carbonyl (C=O) groups is 1. The van der Waals surface area contributed by atoms with Crippen molar-refractivity contribution in [1.29, 1.82) is 0 Å². The second-order valence-corrected chi connectivity index (χ2v) is 8.79. The van der Waals surface area contributed by atoms with Crippen molar-refractivity contribution in [1.82, 2.24) is 4.72 Å². The Balaban J connectivity index is 1.80. The van der Waals surface area contributed by atoms with Crippen molar-refractivity contribution in [2.75, 3.05) is 11.5 Å². The van der Waals surface area contributed by atoms with Gasteiger partial charge in [0.2, 0.25) is 15.9 Å². The summed E-state index contributed by atoms with van der Waals surface area (Å²) < 4.78 is 33.9. The van der Waals surface area contributed by atoms with Gasteiger partial charge in [0.25, 0.3) is 0 Å². The smallest absolute Gasteiger partial charge is 0.241 e. The van der Waals surface area contributed by atoms with Crippen molar-refractivity contribution in [3.8, 4) is 5.75 Å². The Morgan fingerprint density at radius 2 is 1.93 bits per heavy atom. The summed E-state index contributed by atoms with van der Waals surface area (Å²) in [7, 11) is -3.69.